The molecule has 114 valence electrons. The number of hydrogen-bond acceptors (Lipinski definition) is 5. The summed E-state index contributed by atoms with van der Waals surface area (Å²) in [7, 11) is 0. The molecule has 0 aliphatic heterocycles. The number of oxazole rings is 1. The van der Waals surface area contributed by atoms with Crippen LogP contribution >= 0.6 is 22.9 Å². The third-order valence-electron chi connectivity index (χ3n) is 3.42. The molecule has 2 aromatic carbocycles. The smallest absolute Gasteiger partial charge is 0.227 e. The second-order valence-corrected chi connectivity index (χ2v) is 6.67. The van der Waals surface area contributed by atoms with Gasteiger partial charge < -0.3 is 9.73 Å². The summed E-state index contributed by atoms with van der Waals surface area (Å²) in [6.07, 6.45) is 1.78. The van der Waals surface area contributed by atoms with Crippen molar-refractivity contribution in [3.8, 4) is 11.5 Å². The Morgan fingerprint density at radius 1 is 1.09 bits per heavy atom. The van der Waals surface area contributed by atoms with Crippen molar-refractivity contribution in [3.05, 3.63) is 64.1 Å². The molecule has 0 amide bonds. The first kappa shape index (κ1) is 14.2. The van der Waals surface area contributed by atoms with Crippen molar-refractivity contribution in [3.63, 3.8) is 0 Å². The molecule has 0 spiro atoms. The third kappa shape index (κ3) is 2.93. The summed E-state index contributed by atoms with van der Waals surface area (Å²) in [6, 6.07) is 15.7. The van der Waals surface area contributed by atoms with E-state index in [2.05, 4.69) is 15.3 Å². The summed E-state index contributed by atoms with van der Waals surface area (Å²) in [6.45, 7) is 0.650. The van der Waals surface area contributed by atoms with Crippen molar-refractivity contribution in [2.45, 2.75) is 6.54 Å². The number of nitrogens with one attached hydrogen (secondary N) is 1. The van der Waals surface area contributed by atoms with Gasteiger partial charge in [0.05, 0.1) is 12.2 Å². The summed E-state index contributed by atoms with van der Waals surface area (Å²) in [5.74, 6) is 0.621. The number of para-hydroxylation sites is 1. The van der Waals surface area contributed by atoms with Crippen LogP contribution in [0.4, 0.5) is 5.69 Å². The molecule has 2 aromatic heterocycles. The molecule has 4 nitrogen and oxygen atoms in total. The van der Waals surface area contributed by atoms with E-state index in [4.69, 9.17) is 16.0 Å². The lowest BCUT2D eigenvalue weighted by Gasteiger charge is -2.04. The first-order valence-corrected chi connectivity index (χ1v) is 8.28. The Morgan fingerprint density at radius 2 is 1.96 bits per heavy atom. The van der Waals surface area contributed by atoms with Crippen LogP contribution in [-0.2, 0) is 6.54 Å². The first-order valence-electron chi connectivity index (χ1n) is 7.08. The van der Waals surface area contributed by atoms with Crippen molar-refractivity contribution in [1.82, 2.24) is 9.97 Å². The summed E-state index contributed by atoms with van der Waals surface area (Å²) in [4.78, 5) is 9.75. The van der Waals surface area contributed by atoms with Gasteiger partial charge in [0, 0.05) is 16.6 Å². The van der Waals surface area contributed by atoms with E-state index in [0.717, 1.165) is 27.2 Å². The molecule has 0 bridgehead atoms. The monoisotopic (exact) mass is 341 g/mol. The van der Waals surface area contributed by atoms with Crippen LogP contribution in [-0.4, -0.2) is 9.97 Å². The average molecular weight is 342 g/mol. The second-order valence-electron chi connectivity index (χ2n) is 4.97. The van der Waals surface area contributed by atoms with Crippen LogP contribution in [0.15, 0.2) is 59.1 Å². The number of anilines is 1. The molecule has 0 unspecified atom stereocenters. The lowest BCUT2D eigenvalue weighted by Crippen LogP contribution is -1.97. The number of benzene rings is 2. The molecule has 1 N–H and O–H groups in total. The zero-order valence-corrected chi connectivity index (χ0v) is 13.6. The Balaban J connectivity index is 1.66. The van der Waals surface area contributed by atoms with Gasteiger partial charge in [0.25, 0.3) is 0 Å². The van der Waals surface area contributed by atoms with Gasteiger partial charge in [0.15, 0.2) is 10.0 Å². The van der Waals surface area contributed by atoms with E-state index < -0.39 is 0 Å². The number of rotatable bonds is 4. The van der Waals surface area contributed by atoms with Gasteiger partial charge in [-0.25, -0.2) is 9.97 Å². The number of halogens is 1. The summed E-state index contributed by atoms with van der Waals surface area (Å²) >= 11 is 7.32. The molecule has 4 rings (SSSR count). The lowest BCUT2D eigenvalue weighted by molar-refractivity contribution is 0.620. The second kappa shape index (κ2) is 6.02. The van der Waals surface area contributed by atoms with Crippen LogP contribution in [0.2, 0.25) is 4.47 Å². The number of nitrogens with zero attached hydrogens (tertiary/aromatic N) is 2. The van der Waals surface area contributed by atoms with Gasteiger partial charge in [-0.1, -0.05) is 35.9 Å². The number of hydrogen-bond donors (Lipinski definition) is 1. The molecule has 23 heavy (non-hydrogen) atoms. The van der Waals surface area contributed by atoms with Crippen LogP contribution < -0.4 is 5.32 Å². The highest BCUT2D eigenvalue weighted by Crippen LogP contribution is 2.29. The molecular formula is C17H12ClN3OS. The Labute approximate surface area is 141 Å². The maximum atomic E-state index is 5.87. The highest BCUT2D eigenvalue weighted by atomic mass is 35.5. The lowest BCUT2D eigenvalue weighted by atomic mass is 10.2. The minimum Gasteiger partial charge on any atom is -0.436 e. The molecule has 0 fully saturated rings. The highest BCUT2D eigenvalue weighted by molar-refractivity contribution is 7.15. The van der Waals surface area contributed by atoms with E-state index in [1.807, 2.05) is 48.5 Å². The zero-order chi connectivity index (χ0) is 15.6. The third-order valence-corrected chi connectivity index (χ3v) is 4.53. The van der Waals surface area contributed by atoms with Gasteiger partial charge in [0.1, 0.15) is 5.52 Å². The maximum absolute atomic E-state index is 5.87. The molecule has 0 radical (unpaired) electrons. The van der Waals surface area contributed by atoms with Crippen molar-refractivity contribution in [2.24, 2.45) is 0 Å². The zero-order valence-electron chi connectivity index (χ0n) is 12.0. The first-order chi connectivity index (χ1) is 11.3. The molecule has 0 atom stereocenters. The predicted octanol–water partition coefficient (Wildman–Crippen LogP) is 5.22. The molecule has 2 heterocycles. The Kier molecular flexibility index (Phi) is 3.73. The number of fused-ring (bicyclic) bond motifs is 1. The topological polar surface area (TPSA) is 51.0 Å². The molecule has 0 saturated heterocycles. The molecule has 0 saturated carbocycles. The van der Waals surface area contributed by atoms with Crippen molar-refractivity contribution >= 4 is 39.7 Å². The van der Waals surface area contributed by atoms with Crippen LogP contribution in [0.1, 0.15) is 4.88 Å². The van der Waals surface area contributed by atoms with Gasteiger partial charge in [-0.05, 0) is 24.3 Å². The number of thiazole rings is 1. The van der Waals surface area contributed by atoms with Crippen LogP contribution in [0.5, 0.6) is 0 Å². The van der Waals surface area contributed by atoms with E-state index in [1.54, 1.807) is 6.20 Å². The van der Waals surface area contributed by atoms with Gasteiger partial charge in [-0.15, -0.1) is 11.3 Å². The highest BCUT2D eigenvalue weighted by Gasteiger charge is 2.11. The van der Waals surface area contributed by atoms with E-state index in [-0.39, 0.29) is 0 Å². The van der Waals surface area contributed by atoms with Crippen LogP contribution in [0.3, 0.4) is 0 Å². The normalized spacial score (nSPS) is 11.0. The average Bonchev–Trinajstić information content (AvgIpc) is 3.20. The van der Waals surface area contributed by atoms with Gasteiger partial charge in [0.2, 0.25) is 5.89 Å². The SMILES string of the molecule is Clc1ncc(CNc2cccc3oc(-c4ccccc4)nc23)s1. The minimum absolute atomic E-state index is 0.549. The Morgan fingerprint density at radius 3 is 2.74 bits per heavy atom. The molecular weight excluding hydrogens is 330 g/mol. The fraction of sp³-hybridized carbons (Fsp3) is 0.0588. The van der Waals surface area contributed by atoms with Crippen LogP contribution in [0, 0.1) is 0 Å². The standard InChI is InChI=1S/C17H12ClN3OS/c18-17-20-10-12(23-17)9-19-13-7-4-8-14-15(13)21-16(22-14)11-5-2-1-3-6-11/h1-8,10,19H,9H2. The fourth-order valence-corrected chi connectivity index (χ4v) is 3.26. The van der Waals surface area contributed by atoms with E-state index in [9.17, 15) is 0 Å². The summed E-state index contributed by atoms with van der Waals surface area (Å²) < 4.78 is 6.42. The van der Waals surface area contributed by atoms with E-state index in [1.165, 1.54) is 11.3 Å². The van der Waals surface area contributed by atoms with Gasteiger partial charge in [-0.3, -0.25) is 0 Å². The summed E-state index contributed by atoms with van der Waals surface area (Å²) in [5, 5.41) is 3.37. The molecule has 0 aliphatic carbocycles. The quantitative estimate of drug-likeness (QED) is 0.553. The molecule has 0 aliphatic rings. The van der Waals surface area contributed by atoms with E-state index >= 15 is 0 Å². The van der Waals surface area contributed by atoms with Crippen LogP contribution in [0.25, 0.3) is 22.6 Å². The van der Waals surface area contributed by atoms with Crippen molar-refractivity contribution < 1.29 is 4.42 Å². The fourth-order valence-electron chi connectivity index (χ4n) is 2.34. The molecule has 4 aromatic rings. The Hall–Kier alpha value is -2.37. The maximum Gasteiger partial charge on any atom is 0.227 e. The van der Waals surface area contributed by atoms with E-state index in [0.29, 0.717) is 16.9 Å². The van der Waals surface area contributed by atoms with Gasteiger partial charge >= 0.3 is 0 Å². The van der Waals surface area contributed by atoms with Crippen molar-refractivity contribution in [1.29, 1.82) is 0 Å². The predicted molar refractivity (Wildman–Crippen MR) is 93.9 cm³/mol. The summed E-state index contributed by atoms with van der Waals surface area (Å²) in [5.41, 5.74) is 3.47. The Bertz CT molecular complexity index is 949. The minimum atomic E-state index is 0.549. The van der Waals surface area contributed by atoms with Gasteiger partial charge in [-0.2, -0.15) is 0 Å². The largest absolute Gasteiger partial charge is 0.436 e. The molecule has 6 heteroatoms. The number of aromatic nitrogens is 2. The van der Waals surface area contributed by atoms with Crippen molar-refractivity contribution in [2.75, 3.05) is 5.32 Å².